The standard InChI is InChI=1S/C11H23N3O/c1-11(2,3)9(13)10(15)14-6-4-8(12)5-7-14/h8-9H,4-7,12-13H2,1-3H3/t9-/m0/s1. The van der Waals surface area contributed by atoms with Crippen LogP contribution in [0.25, 0.3) is 0 Å². The number of carbonyl (C=O) groups is 1. The molecule has 1 atom stereocenters. The zero-order valence-corrected chi connectivity index (χ0v) is 9.99. The number of amides is 1. The van der Waals surface area contributed by atoms with Crippen LogP contribution in [0.1, 0.15) is 33.6 Å². The molecule has 0 aromatic rings. The average molecular weight is 213 g/mol. The van der Waals surface area contributed by atoms with Gasteiger partial charge in [0.1, 0.15) is 0 Å². The molecule has 0 spiro atoms. The highest BCUT2D eigenvalue weighted by molar-refractivity contribution is 5.82. The van der Waals surface area contributed by atoms with Crippen molar-refractivity contribution in [1.82, 2.24) is 4.90 Å². The van der Waals surface area contributed by atoms with Gasteiger partial charge in [0.2, 0.25) is 5.91 Å². The first-order chi connectivity index (χ1) is 6.82. The van der Waals surface area contributed by atoms with Crippen LogP contribution in [0.4, 0.5) is 0 Å². The fraction of sp³-hybridized carbons (Fsp3) is 0.909. The molecule has 0 saturated carbocycles. The second kappa shape index (κ2) is 4.49. The molecule has 0 bridgehead atoms. The fourth-order valence-electron chi connectivity index (χ4n) is 1.69. The first kappa shape index (κ1) is 12.5. The molecule has 1 amide bonds. The van der Waals surface area contributed by atoms with Crippen LogP contribution in [0.3, 0.4) is 0 Å². The van der Waals surface area contributed by atoms with Gasteiger partial charge in [0, 0.05) is 19.1 Å². The Morgan fingerprint density at radius 1 is 1.33 bits per heavy atom. The van der Waals surface area contributed by atoms with Crippen molar-refractivity contribution >= 4 is 5.91 Å². The lowest BCUT2D eigenvalue weighted by molar-refractivity contribution is -0.136. The van der Waals surface area contributed by atoms with E-state index in [-0.39, 0.29) is 17.4 Å². The molecule has 1 heterocycles. The normalized spacial score (nSPS) is 21.5. The smallest absolute Gasteiger partial charge is 0.240 e. The summed E-state index contributed by atoms with van der Waals surface area (Å²) in [6.07, 6.45) is 1.78. The van der Waals surface area contributed by atoms with Crippen LogP contribution in [0.5, 0.6) is 0 Å². The third-order valence-corrected chi connectivity index (χ3v) is 3.05. The summed E-state index contributed by atoms with van der Waals surface area (Å²) in [5.74, 6) is 0.0643. The van der Waals surface area contributed by atoms with E-state index < -0.39 is 6.04 Å². The molecule has 0 radical (unpaired) electrons. The second-order valence-corrected chi connectivity index (χ2v) is 5.51. The van der Waals surface area contributed by atoms with E-state index in [0.29, 0.717) is 0 Å². The van der Waals surface area contributed by atoms with E-state index in [0.717, 1.165) is 25.9 Å². The van der Waals surface area contributed by atoms with Crippen molar-refractivity contribution in [3.63, 3.8) is 0 Å². The number of nitrogens with two attached hydrogens (primary N) is 2. The molecule has 1 fully saturated rings. The van der Waals surface area contributed by atoms with Crippen LogP contribution in [-0.4, -0.2) is 36.0 Å². The summed E-state index contributed by atoms with van der Waals surface area (Å²) in [6.45, 7) is 7.48. The molecule has 15 heavy (non-hydrogen) atoms. The minimum atomic E-state index is -0.410. The molecule has 4 N–H and O–H groups in total. The van der Waals surface area contributed by atoms with Crippen LogP contribution < -0.4 is 11.5 Å². The van der Waals surface area contributed by atoms with E-state index in [1.807, 2.05) is 25.7 Å². The topological polar surface area (TPSA) is 72.4 Å². The number of likely N-dealkylation sites (tertiary alicyclic amines) is 1. The monoisotopic (exact) mass is 213 g/mol. The molecule has 0 unspecified atom stereocenters. The number of hydrogen-bond donors (Lipinski definition) is 2. The Bertz CT molecular complexity index is 226. The highest BCUT2D eigenvalue weighted by Gasteiger charge is 2.32. The Hall–Kier alpha value is -0.610. The lowest BCUT2D eigenvalue weighted by Gasteiger charge is -2.35. The minimum Gasteiger partial charge on any atom is -0.341 e. The van der Waals surface area contributed by atoms with Crippen molar-refractivity contribution in [3.05, 3.63) is 0 Å². The third-order valence-electron chi connectivity index (χ3n) is 3.05. The van der Waals surface area contributed by atoms with Gasteiger partial charge in [-0.15, -0.1) is 0 Å². The quantitative estimate of drug-likeness (QED) is 0.658. The molecular weight excluding hydrogens is 190 g/mol. The Morgan fingerprint density at radius 3 is 2.20 bits per heavy atom. The molecule has 0 aromatic heterocycles. The summed E-state index contributed by atoms with van der Waals surface area (Å²) < 4.78 is 0. The van der Waals surface area contributed by atoms with Gasteiger partial charge in [-0.25, -0.2) is 0 Å². The van der Waals surface area contributed by atoms with Gasteiger partial charge in [-0.05, 0) is 18.3 Å². The van der Waals surface area contributed by atoms with Gasteiger partial charge in [-0.1, -0.05) is 20.8 Å². The number of rotatable bonds is 1. The number of nitrogens with zero attached hydrogens (tertiary/aromatic N) is 1. The molecule has 1 aliphatic rings. The summed E-state index contributed by atoms with van der Waals surface area (Å²) in [4.78, 5) is 13.9. The second-order valence-electron chi connectivity index (χ2n) is 5.51. The molecule has 1 saturated heterocycles. The molecule has 4 nitrogen and oxygen atoms in total. The van der Waals surface area contributed by atoms with Gasteiger partial charge in [-0.3, -0.25) is 4.79 Å². The van der Waals surface area contributed by atoms with Gasteiger partial charge < -0.3 is 16.4 Å². The van der Waals surface area contributed by atoms with Crippen molar-refractivity contribution in [3.8, 4) is 0 Å². The Labute approximate surface area is 92.0 Å². The van der Waals surface area contributed by atoms with Gasteiger partial charge in [0.25, 0.3) is 0 Å². The Balaban J connectivity index is 2.54. The lowest BCUT2D eigenvalue weighted by Crippen LogP contribution is -2.53. The lowest BCUT2D eigenvalue weighted by atomic mass is 9.86. The van der Waals surface area contributed by atoms with Crippen LogP contribution in [-0.2, 0) is 4.79 Å². The summed E-state index contributed by atoms with van der Waals surface area (Å²) in [7, 11) is 0. The fourth-order valence-corrected chi connectivity index (χ4v) is 1.69. The highest BCUT2D eigenvalue weighted by Crippen LogP contribution is 2.20. The SMILES string of the molecule is CC(C)(C)[C@@H](N)C(=O)N1CCC(N)CC1. The summed E-state index contributed by atoms with van der Waals surface area (Å²) in [5.41, 5.74) is 11.6. The molecule has 88 valence electrons. The maximum atomic E-state index is 12.0. The van der Waals surface area contributed by atoms with Gasteiger partial charge in [0.15, 0.2) is 0 Å². The summed E-state index contributed by atoms with van der Waals surface area (Å²) in [6, 6.07) is -0.160. The number of hydrogen-bond acceptors (Lipinski definition) is 3. The predicted molar refractivity (Wildman–Crippen MR) is 61.2 cm³/mol. The zero-order valence-electron chi connectivity index (χ0n) is 9.99. The van der Waals surface area contributed by atoms with Gasteiger partial charge in [-0.2, -0.15) is 0 Å². The van der Waals surface area contributed by atoms with E-state index in [9.17, 15) is 4.79 Å². The average Bonchev–Trinajstić information content (AvgIpc) is 2.15. The third kappa shape index (κ3) is 3.18. The number of piperidine rings is 1. The van der Waals surface area contributed by atoms with Crippen LogP contribution in [0.2, 0.25) is 0 Å². The minimum absolute atomic E-state index is 0.0643. The first-order valence-corrected chi connectivity index (χ1v) is 5.62. The van der Waals surface area contributed by atoms with E-state index in [1.165, 1.54) is 0 Å². The molecular formula is C11H23N3O. The largest absolute Gasteiger partial charge is 0.341 e. The number of carbonyl (C=O) groups excluding carboxylic acids is 1. The van der Waals surface area contributed by atoms with E-state index in [1.54, 1.807) is 0 Å². The Kier molecular flexibility index (Phi) is 3.73. The predicted octanol–water partition coefficient (Wildman–Crippen LogP) is 0.310. The first-order valence-electron chi connectivity index (χ1n) is 5.62. The summed E-state index contributed by atoms with van der Waals surface area (Å²) >= 11 is 0. The van der Waals surface area contributed by atoms with E-state index in [4.69, 9.17) is 11.5 Å². The van der Waals surface area contributed by atoms with Crippen molar-refractivity contribution in [2.24, 2.45) is 16.9 Å². The molecule has 0 aromatic carbocycles. The van der Waals surface area contributed by atoms with Crippen LogP contribution in [0.15, 0.2) is 0 Å². The summed E-state index contributed by atoms with van der Waals surface area (Å²) in [5, 5.41) is 0. The van der Waals surface area contributed by atoms with Crippen molar-refractivity contribution in [2.45, 2.75) is 45.7 Å². The van der Waals surface area contributed by atoms with Crippen molar-refractivity contribution in [1.29, 1.82) is 0 Å². The van der Waals surface area contributed by atoms with Crippen LogP contribution in [0, 0.1) is 5.41 Å². The molecule has 1 aliphatic heterocycles. The zero-order chi connectivity index (χ0) is 11.6. The van der Waals surface area contributed by atoms with E-state index in [2.05, 4.69) is 0 Å². The molecule has 1 rings (SSSR count). The van der Waals surface area contributed by atoms with Gasteiger partial charge >= 0.3 is 0 Å². The van der Waals surface area contributed by atoms with Crippen molar-refractivity contribution in [2.75, 3.05) is 13.1 Å². The molecule has 0 aliphatic carbocycles. The Morgan fingerprint density at radius 2 is 1.80 bits per heavy atom. The van der Waals surface area contributed by atoms with Crippen LogP contribution >= 0.6 is 0 Å². The molecule has 4 heteroatoms. The highest BCUT2D eigenvalue weighted by atomic mass is 16.2. The maximum Gasteiger partial charge on any atom is 0.240 e. The van der Waals surface area contributed by atoms with E-state index >= 15 is 0 Å². The van der Waals surface area contributed by atoms with Crippen molar-refractivity contribution < 1.29 is 4.79 Å². The van der Waals surface area contributed by atoms with Gasteiger partial charge in [0.05, 0.1) is 6.04 Å². The maximum absolute atomic E-state index is 12.0.